The first-order chi connectivity index (χ1) is 11.7. The van der Waals surface area contributed by atoms with Crippen molar-refractivity contribution in [3.8, 4) is 11.5 Å². The molecule has 2 aromatic heterocycles. The van der Waals surface area contributed by atoms with Crippen LogP contribution in [0, 0.1) is 6.92 Å². The van der Waals surface area contributed by atoms with Crippen LogP contribution in [0.25, 0.3) is 22.6 Å². The van der Waals surface area contributed by atoms with Crippen molar-refractivity contribution in [2.75, 3.05) is 5.32 Å². The summed E-state index contributed by atoms with van der Waals surface area (Å²) < 4.78 is 5.75. The second-order valence-corrected chi connectivity index (χ2v) is 6.37. The molecule has 0 unspecified atom stereocenters. The molecule has 0 saturated carbocycles. The minimum absolute atomic E-state index is 0.0860. The van der Waals surface area contributed by atoms with Gasteiger partial charge in [0, 0.05) is 11.3 Å². The molecule has 4 aromatic rings. The van der Waals surface area contributed by atoms with E-state index < -0.39 is 0 Å². The molecule has 1 N–H and O–H groups in total. The molecule has 0 radical (unpaired) electrons. The molecule has 0 saturated heterocycles. The van der Waals surface area contributed by atoms with Gasteiger partial charge in [-0.3, -0.25) is 4.79 Å². The zero-order chi connectivity index (χ0) is 16.5. The zero-order valence-electron chi connectivity index (χ0n) is 12.9. The van der Waals surface area contributed by atoms with Crippen LogP contribution >= 0.6 is 11.3 Å². The van der Waals surface area contributed by atoms with E-state index >= 15 is 0 Å². The van der Waals surface area contributed by atoms with Crippen molar-refractivity contribution < 1.29 is 9.21 Å². The molecule has 5 heteroatoms. The number of benzene rings is 2. The van der Waals surface area contributed by atoms with Crippen LogP contribution in [0.4, 0.5) is 5.69 Å². The molecule has 0 fully saturated rings. The molecule has 24 heavy (non-hydrogen) atoms. The average molecular weight is 334 g/mol. The molecule has 0 atom stereocenters. The topological polar surface area (TPSA) is 55.1 Å². The normalized spacial score (nSPS) is 10.9. The highest BCUT2D eigenvalue weighted by Gasteiger charge is 2.11. The Labute approximate surface area is 142 Å². The summed E-state index contributed by atoms with van der Waals surface area (Å²) in [6.45, 7) is 1.93. The van der Waals surface area contributed by atoms with Crippen LogP contribution in [0.5, 0.6) is 0 Å². The van der Waals surface area contributed by atoms with E-state index in [-0.39, 0.29) is 5.91 Å². The third-order valence-corrected chi connectivity index (χ3v) is 4.77. The number of nitrogens with zero attached hydrogens (tertiary/aromatic N) is 1. The van der Waals surface area contributed by atoms with Crippen LogP contribution < -0.4 is 5.32 Å². The van der Waals surface area contributed by atoms with Crippen LogP contribution in [0.2, 0.25) is 0 Å². The summed E-state index contributed by atoms with van der Waals surface area (Å²) in [5.41, 5.74) is 4.20. The number of nitrogens with one attached hydrogen (secondary N) is 1. The molecular weight excluding hydrogens is 320 g/mol. The SMILES string of the molecule is Cc1ccsc1C(=O)Nc1ccc(-c2nc3ccccc3o2)cc1. The van der Waals surface area contributed by atoms with Gasteiger partial charge in [-0.05, 0) is 60.3 Å². The minimum atomic E-state index is -0.0860. The van der Waals surface area contributed by atoms with E-state index in [1.807, 2.05) is 66.9 Å². The van der Waals surface area contributed by atoms with Gasteiger partial charge in [0.2, 0.25) is 5.89 Å². The van der Waals surface area contributed by atoms with E-state index in [2.05, 4.69) is 10.3 Å². The maximum Gasteiger partial charge on any atom is 0.265 e. The van der Waals surface area contributed by atoms with Crippen molar-refractivity contribution >= 4 is 34.0 Å². The van der Waals surface area contributed by atoms with Crippen molar-refractivity contribution in [2.24, 2.45) is 0 Å². The van der Waals surface area contributed by atoms with Crippen LogP contribution in [0.1, 0.15) is 15.2 Å². The predicted octanol–water partition coefficient (Wildman–Crippen LogP) is 5.12. The summed E-state index contributed by atoms with van der Waals surface area (Å²) in [4.78, 5) is 17.4. The number of aryl methyl sites for hydroxylation is 1. The number of oxazole rings is 1. The van der Waals surface area contributed by atoms with Gasteiger partial charge in [-0.2, -0.15) is 0 Å². The van der Waals surface area contributed by atoms with Gasteiger partial charge >= 0.3 is 0 Å². The fourth-order valence-electron chi connectivity index (χ4n) is 2.49. The van der Waals surface area contributed by atoms with Gasteiger partial charge in [0.05, 0.1) is 4.88 Å². The first-order valence-corrected chi connectivity index (χ1v) is 8.40. The largest absolute Gasteiger partial charge is 0.436 e. The highest BCUT2D eigenvalue weighted by molar-refractivity contribution is 7.12. The second kappa shape index (κ2) is 5.94. The molecule has 0 aliphatic rings. The van der Waals surface area contributed by atoms with E-state index in [1.54, 1.807) is 0 Å². The summed E-state index contributed by atoms with van der Waals surface area (Å²) in [6, 6.07) is 17.1. The summed E-state index contributed by atoms with van der Waals surface area (Å²) >= 11 is 1.44. The third kappa shape index (κ3) is 2.70. The molecule has 1 amide bonds. The van der Waals surface area contributed by atoms with Gasteiger partial charge in [0.25, 0.3) is 5.91 Å². The van der Waals surface area contributed by atoms with E-state index in [4.69, 9.17) is 4.42 Å². The molecule has 2 heterocycles. The number of hydrogen-bond donors (Lipinski definition) is 1. The predicted molar refractivity (Wildman–Crippen MR) is 96.5 cm³/mol. The van der Waals surface area contributed by atoms with E-state index in [9.17, 15) is 4.79 Å². The van der Waals surface area contributed by atoms with Gasteiger partial charge in [-0.1, -0.05) is 12.1 Å². The monoisotopic (exact) mass is 334 g/mol. The first kappa shape index (κ1) is 14.7. The lowest BCUT2D eigenvalue weighted by molar-refractivity contribution is 0.103. The molecule has 0 aliphatic heterocycles. The molecule has 0 bridgehead atoms. The fourth-order valence-corrected chi connectivity index (χ4v) is 3.31. The molecule has 2 aromatic carbocycles. The van der Waals surface area contributed by atoms with Crippen LogP contribution in [-0.4, -0.2) is 10.9 Å². The fraction of sp³-hybridized carbons (Fsp3) is 0.0526. The Bertz CT molecular complexity index is 982. The zero-order valence-corrected chi connectivity index (χ0v) is 13.8. The van der Waals surface area contributed by atoms with E-state index in [0.29, 0.717) is 5.89 Å². The molecule has 4 nitrogen and oxygen atoms in total. The highest BCUT2D eigenvalue weighted by atomic mass is 32.1. The number of thiophene rings is 1. The van der Waals surface area contributed by atoms with Gasteiger partial charge < -0.3 is 9.73 Å². The van der Waals surface area contributed by atoms with Gasteiger partial charge in [-0.25, -0.2) is 4.98 Å². The van der Waals surface area contributed by atoms with Crippen LogP contribution in [0.3, 0.4) is 0 Å². The molecule has 0 aliphatic carbocycles. The molecule has 4 rings (SSSR count). The number of amides is 1. The molecular formula is C19H14N2O2S. The van der Waals surface area contributed by atoms with Crippen molar-refractivity contribution in [2.45, 2.75) is 6.92 Å². The average Bonchev–Trinajstić information content (AvgIpc) is 3.21. The first-order valence-electron chi connectivity index (χ1n) is 7.52. The lowest BCUT2D eigenvalue weighted by atomic mass is 10.2. The standard InChI is InChI=1S/C19H14N2O2S/c1-12-10-11-24-17(12)18(22)20-14-8-6-13(7-9-14)19-21-15-4-2-3-5-16(15)23-19/h2-11H,1H3,(H,20,22). The minimum Gasteiger partial charge on any atom is -0.436 e. The molecule has 0 spiro atoms. The quantitative estimate of drug-likeness (QED) is 0.566. The Morgan fingerprint density at radius 2 is 1.88 bits per heavy atom. The second-order valence-electron chi connectivity index (χ2n) is 5.45. The van der Waals surface area contributed by atoms with Crippen LogP contribution in [-0.2, 0) is 0 Å². The van der Waals surface area contributed by atoms with Crippen molar-refractivity contribution in [3.63, 3.8) is 0 Å². The Morgan fingerprint density at radius 3 is 2.58 bits per heavy atom. The smallest absolute Gasteiger partial charge is 0.265 e. The Morgan fingerprint density at radius 1 is 1.08 bits per heavy atom. The maximum atomic E-state index is 12.2. The van der Waals surface area contributed by atoms with Crippen molar-refractivity contribution in [1.29, 1.82) is 0 Å². The summed E-state index contributed by atoms with van der Waals surface area (Å²) in [5, 5.41) is 4.83. The number of fused-ring (bicyclic) bond motifs is 1. The van der Waals surface area contributed by atoms with E-state index in [0.717, 1.165) is 32.8 Å². The summed E-state index contributed by atoms with van der Waals surface area (Å²) in [6.07, 6.45) is 0. The summed E-state index contributed by atoms with van der Waals surface area (Å²) in [7, 11) is 0. The van der Waals surface area contributed by atoms with Crippen LogP contribution in [0.15, 0.2) is 64.4 Å². The van der Waals surface area contributed by atoms with Gasteiger partial charge in [-0.15, -0.1) is 11.3 Å². The number of rotatable bonds is 3. The summed E-state index contributed by atoms with van der Waals surface area (Å²) in [5.74, 6) is 0.486. The number of carbonyl (C=O) groups is 1. The van der Waals surface area contributed by atoms with Gasteiger partial charge in [0.15, 0.2) is 5.58 Å². The number of hydrogen-bond acceptors (Lipinski definition) is 4. The lowest BCUT2D eigenvalue weighted by Crippen LogP contribution is -2.11. The third-order valence-electron chi connectivity index (χ3n) is 3.75. The van der Waals surface area contributed by atoms with E-state index in [1.165, 1.54) is 11.3 Å². The highest BCUT2D eigenvalue weighted by Crippen LogP contribution is 2.25. The number of aromatic nitrogens is 1. The van der Waals surface area contributed by atoms with Crippen molar-refractivity contribution in [3.05, 3.63) is 70.4 Å². The number of para-hydroxylation sites is 2. The van der Waals surface area contributed by atoms with Crippen molar-refractivity contribution in [1.82, 2.24) is 4.98 Å². The Kier molecular flexibility index (Phi) is 3.63. The lowest BCUT2D eigenvalue weighted by Gasteiger charge is -2.05. The number of anilines is 1. The maximum absolute atomic E-state index is 12.2. The molecule has 118 valence electrons. The Hall–Kier alpha value is -2.92. The number of carbonyl (C=O) groups excluding carboxylic acids is 1. The van der Waals surface area contributed by atoms with Gasteiger partial charge in [0.1, 0.15) is 5.52 Å². The Balaban J connectivity index is 1.56.